The van der Waals surface area contributed by atoms with E-state index in [1.807, 2.05) is 43.3 Å². The van der Waals surface area contributed by atoms with Gasteiger partial charge in [0, 0.05) is 12.1 Å². The maximum atomic E-state index is 13.8. The van der Waals surface area contributed by atoms with E-state index < -0.39 is 0 Å². The zero-order valence-corrected chi connectivity index (χ0v) is 12.2. The summed E-state index contributed by atoms with van der Waals surface area (Å²) in [5.74, 6) is 0.754. The molecular formula is C18H20FNO. The molecule has 0 saturated heterocycles. The van der Waals surface area contributed by atoms with Crippen molar-refractivity contribution in [1.29, 1.82) is 0 Å². The Bertz CT molecular complexity index is 605. The number of nitrogens with one attached hydrogen (secondary N) is 1. The van der Waals surface area contributed by atoms with Gasteiger partial charge in [-0.2, -0.15) is 0 Å². The summed E-state index contributed by atoms with van der Waals surface area (Å²) < 4.78 is 19.5. The fraction of sp³-hybridized carbons (Fsp3) is 0.333. The number of hydrogen-bond donors (Lipinski definition) is 1. The van der Waals surface area contributed by atoms with Crippen molar-refractivity contribution in [3.63, 3.8) is 0 Å². The summed E-state index contributed by atoms with van der Waals surface area (Å²) in [5, 5.41) is 3.16. The third kappa shape index (κ3) is 3.61. The summed E-state index contributed by atoms with van der Waals surface area (Å²) in [6.45, 7) is 3.40. The van der Waals surface area contributed by atoms with Gasteiger partial charge in [0.1, 0.15) is 11.6 Å². The summed E-state index contributed by atoms with van der Waals surface area (Å²) in [7, 11) is 0. The highest BCUT2D eigenvalue weighted by atomic mass is 19.1. The van der Waals surface area contributed by atoms with Crippen LogP contribution in [0.3, 0.4) is 0 Å². The van der Waals surface area contributed by atoms with Crippen LogP contribution in [-0.2, 0) is 6.54 Å². The van der Waals surface area contributed by atoms with Gasteiger partial charge >= 0.3 is 0 Å². The molecule has 0 heterocycles. The largest absolute Gasteiger partial charge is 0.490 e. The number of halogens is 1. The lowest BCUT2D eigenvalue weighted by Gasteiger charge is -2.09. The Kier molecular flexibility index (Phi) is 4.20. The molecule has 0 bridgehead atoms. The molecule has 2 aromatic rings. The molecule has 0 unspecified atom stereocenters. The summed E-state index contributed by atoms with van der Waals surface area (Å²) in [6, 6.07) is 13.3. The highest BCUT2D eigenvalue weighted by Crippen LogP contribution is 2.29. The van der Waals surface area contributed by atoms with Crippen LogP contribution in [0.2, 0.25) is 0 Å². The quantitative estimate of drug-likeness (QED) is 0.861. The molecule has 3 rings (SSSR count). The Hall–Kier alpha value is -1.87. The molecule has 1 saturated carbocycles. The Morgan fingerprint density at radius 3 is 2.48 bits per heavy atom. The number of rotatable bonds is 6. The van der Waals surface area contributed by atoms with Gasteiger partial charge in [0.25, 0.3) is 0 Å². The zero-order valence-electron chi connectivity index (χ0n) is 12.2. The first-order valence-electron chi connectivity index (χ1n) is 7.52. The van der Waals surface area contributed by atoms with E-state index in [1.54, 1.807) is 0 Å². The number of hydrogen-bond acceptors (Lipinski definition) is 2. The maximum Gasteiger partial charge on any atom is 0.127 e. The SMILES string of the molecule is CCNCc1cc(-c2ccc(OC3CC3)cc2)ccc1F. The third-order valence-electron chi connectivity index (χ3n) is 3.63. The van der Waals surface area contributed by atoms with Crippen LogP contribution in [-0.4, -0.2) is 12.6 Å². The van der Waals surface area contributed by atoms with E-state index in [2.05, 4.69) is 5.32 Å². The lowest BCUT2D eigenvalue weighted by molar-refractivity contribution is 0.303. The van der Waals surface area contributed by atoms with Crippen LogP contribution in [0.25, 0.3) is 11.1 Å². The van der Waals surface area contributed by atoms with E-state index in [4.69, 9.17) is 4.74 Å². The maximum absolute atomic E-state index is 13.8. The number of ether oxygens (including phenoxy) is 1. The molecule has 1 aliphatic carbocycles. The van der Waals surface area contributed by atoms with Crippen molar-refractivity contribution in [2.24, 2.45) is 0 Å². The minimum atomic E-state index is -0.159. The Morgan fingerprint density at radius 2 is 1.81 bits per heavy atom. The van der Waals surface area contributed by atoms with Crippen molar-refractivity contribution in [2.45, 2.75) is 32.4 Å². The van der Waals surface area contributed by atoms with E-state index in [0.29, 0.717) is 18.2 Å². The average Bonchev–Trinajstić information content (AvgIpc) is 3.31. The molecule has 1 fully saturated rings. The highest BCUT2D eigenvalue weighted by Gasteiger charge is 2.23. The third-order valence-corrected chi connectivity index (χ3v) is 3.63. The molecule has 0 aliphatic heterocycles. The first-order chi connectivity index (χ1) is 10.3. The molecule has 0 atom stereocenters. The Balaban J connectivity index is 1.78. The summed E-state index contributed by atoms with van der Waals surface area (Å²) in [5.41, 5.74) is 2.81. The van der Waals surface area contributed by atoms with Crippen molar-refractivity contribution in [2.75, 3.05) is 6.54 Å². The van der Waals surface area contributed by atoms with Crippen LogP contribution in [0.5, 0.6) is 5.75 Å². The van der Waals surface area contributed by atoms with Crippen LogP contribution in [0.15, 0.2) is 42.5 Å². The zero-order chi connectivity index (χ0) is 14.7. The topological polar surface area (TPSA) is 21.3 Å². The van der Waals surface area contributed by atoms with Crippen LogP contribution in [0.4, 0.5) is 4.39 Å². The van der Waals surface area contributed by atoms with Gasteiger partial charge in [-0.25, -0.2) is 4.39 Å². The minimum absolute atomic E-state index is 0.159. The lowest BCUT2D eigenvalue weighted by Crippen LogP contribution is -2.12. The van der Waals surface area contributed by atoms with E-state index in [-0.39, 0.29) is 5.82 Å². The molecule has 2 aromatic carbocycles. The standard InChI is InChI=1S/C18H20FNO/c1-2-20-12-15-11-14(5-10-18(15)19)13-3-6-16(7-4-13)21-17-8-9-17/h3-7,10-11,17,20H,2,8-9,12H2,1H3. The van der Waals surface area contributed by atoms with Gasteiger partial charge in [-0.15, -0.1) is 0 Å². The molecule has 0 spiro atoms. The lowest BCUT2D eigenvalue weighted by atomic mass is 10.0. The second-order valence-electron chi connectivity index (χ2n) is 5.43. The molecule has 110 valence electrons. The fourth-order valence-electron chi connectivity index (χ4n) is 2.25. The highest BCUT2D eigenvalue weighted by molar-refractivity contribution is 5.65. The second-order valence-corrected chi connectivity index (χ2v) is 5.43. The van der Waals surface area contributed by atoms with Crippen molar-refractivity contribution in [3.8, 4) is 16.9 Å². The van der Waals surface area contributed by atoms with Crippen LogP contribution < -0.4 is 10.1 Å². The van der Waals surface area contributed by atoms with Gasteiger partial charge in [0.05, 0.1) is 6.10 Å². The molecular weight excluding hydrogens is 265 g/mol. The van der Waals surface area contributed by atoms with E-state index >= 15 is 0 Å². The Morgan fingerprint density at radius 1 is 1.10 bits per heavy atom. The smallest absolute Gasteiger partial charge is 0.127 e. The van der Waals surface area contributed by atoms with Gasteiger partial charge in [-0.05, 0) is 54.8 Å². The van der Waals surface area contributed by atoms with Gasteiger partial charge in [0.15, 0.2) is 0 Å². The first-order valence-corrected chi connectivity index (χ1v) is 7.52. The van der Waals surface area contributed by atoms with E-state index in [9.17, 15) is 4.39 Å². The van der Waals surface area contributed by atoms with Crippen molar-refractivity contribution in [1.82, 2.24) is 5.32 Å². The number of benzene rings is 2. The predicted octanol–water partition coefficient (Wildman–Crippen LogP) is 4.14. The molecule has 0 radical (unpaired) electrons. The van der Waals surface area contributed by atoms with E-state index in [1.165, 1.54) is 6.07 Å². The van der Waals surface area contributed by atoms with E-state index in [0.717, 1.165) is 36.3 Å². The Labute approximate surface area is 125 Å². The molecule has 0 amide bonds. The van der Waals surface area contributed by atoms with Crippen molar-refractivity contribution >= 4 is 0 Å². The predicted molar refractivity (Wildman–Crippen MR) is 82.9 cm³/mol. The molecule has 1 aliphatic rings. The van der Waals surface area contributed by atoms with Gasteiger partial charge in [-0.1, -0.05) is 25.1 Å². The minimum Gasteiger partial charge on any atom is -0.490 e. The molecule has 1 N–H and O–H groups in total. The van der Waals surface area contributed by atoms with Crippen molar-refractivity contribution < 1.29 is 9.13 Å². The van der Waals surface area contributed by atoms with Crippen molar-refractivity contribution in [3.05, 3.63) is 53.8 Å². The fourth-order valence-corrected chi connectivity index (χ4v) is 2.25. The summed E-state index contributed by atoms with van der Waals surface area (Å²) in [6.07, 6.45) is 2.73. The van der Waals surface area contributed by atoms with Crippen LogP contribution in [0.1, 0.15) is 25.3 Å². The van der Waals surface area contributed by atoms with Crippen LogP contribution in [0, 0.1) is 5.82 Å². The van der Waals surface area contributed by atoms with Gasteiger partial charge < -0.3 is 10.1 Å². The first kappa shape index (κ1) is 14.1. The summed E-state index contributed by atoms with van der Waals surface area (Å²) >= 11 is 0. The molecule has 0 aromatic heterocycles. The molecule has 3 heteroatoms. The average molecular weight is 285 g/mol. The van der Waals surface area contributed by atoms with Crippen LogP contribution >= 0.6 is 0 Å². The summed E-state index contributed by atoms with van der Waals surface area (Å²) in [4.78, 5) is 0. The normalized spacial score (nSPS) is 14.2. The molecule has 2 nitrogen and oxygen atoms in total. The second kappa shape index (κ2) is 6.27. The monoisotopic (exact) mass is 285 g/mol. The molecule has 21 heavy (non-hydrogen) atoms. The van der Waals surface area contributed by atoms with Gasteiger partial charge in [0.2, 0.25) is 0 Å². The van der Waals surface area contributed by atoms with Gasteiger partial charge in [-0.3, -0.25) is 0 Å².